The minimum atomic E-state index is -0.0656. The zero-order valence-electron chi connectivity index (χ0n) is 15.3. The van der Waals surface area contributed by atoms with Gasteiger partial charge in [0.2, 0.25) is 5.89 Å². The maximum atomic E-state index is 5.91. The van der Waals surface area contributed by atoms with Gasteiger partial charge in [0.05, 0.1) is 17.0 Å². The van der Waals surface area contributed by atoms with Gasteiger partial charge in [-0.05, 0) is 47.4 Å². The first-order valence-corrected chi connectivity index (χ1v) is 10.8. The molecule has 0 saturated carbocycles. The molecular formula is C21H21N3OS2. The van der Waals surface area contributed by atoms with Crippen LogP contribution in [0.4, 0.5) is 0 Å². The Kier molecular flexibility index (Phi) is 5.48. The van der Waals surface area contributed by atoms with Gasteiger partial charge in [0.25, 0.3) is 5.89 Å². The molecule has 0 fully saturated rings. The zero-order chi connectivity index (χ0) is 18.6. The maximum Gasteiger partial charge on any atom is 0.257 e. The highest BCUT2D eigenvalue weighted by Gasteiger charge is 2.22. The van der Waals surface area contributed by atoms with Gasteiger partial charge in [0.1, 0.15) is 0 Å². The van der Waals surface area contributed by atoms with Crippen molar-refractivity contribution in [3.63, 3.8) is 0 Å². The van der Waals surface area contributed by atoms with Crippen LogP contribution in [0.1, 0.15) is 47.8 Å². The third-order valence-electron chi connectivity index (χ3n) is 4.51. The predicted molar refractivity (Wildman–Crippen MR) is 111 cm³/mol. The van der Waals surface area contributed by atoms with Crippen LogP contribution in [0.3, 0.4) is 0 Å². The Hall–Kier alpha value is -2.28. The van der Waals surface area contributed by atoms with Gasteiger partial charge in [0.15, 0.2) is 0 Å². The van der Waals surface area contributed by atoms with Crippen molar-refractivity contribution < 1.29 is 4.42 Å². The number of aromatic nitrogens is 2. The van der Waals surface area contributed by atoms with Crippen molar-refractivity contribution in [3.05, 3.63) is 81.2 Å². The highest BCUT2D eigenvalue weighted by atomic mass is 32.1. The highest BCUT2D eigenvalue weighted by Crippen LogP contribution is 2.30. The third kappa shape index (κ3) is 4.03. The molecule has 1 aromatic carbocycles. The quantitative estimate of drug-likeness (QED) is 0.426. The number of benzene rings is 1. The fraction of sp³-hybridized carbons (Fsp3) is 0.238. The molecule has 0 aliphatic carbocycles. The lowest BCUT2D eigenvalue weighted by Gasteiger charge is -2.21. The Bertz CT molecular complexity index is 959. The smallest absolute Gasteiger partial charge is 0.257 e. The molecule has 27 heavy (non-hydrogen) atoms. The molecule has 0 spiro atoms. The monoisotopic (exact) mass is 395 g/mol. The molecule has 0 saturated heterocycles. The standard InChI is InChI=1S/C21H21N3OS2/c1-3-15-8-10-16(11-9-15)19(17-6-4-12-26-17)22-14(2)20-23-24-21(25-20)18-7-5-13-27-18/h4-14,19,22H,3H2,1-2H3/t14-,19-/m0/s1. The molecule has 4 nitrogen and oxygen atoms in total. The van der Waals surface area contributed by atoms with Crippen LogP contribution >= 0.6 is 22.7 Å². The van der Waals surface area contributed by atoms with Gasteiger partial charge in [-0.3, -0.25) is 5.32 Å². The van der Waals surface area contributed by atoms with Crippen molar-refractivity contribution in [2.45, 2.75) is 32.4 Å². The van der Waals surface area contributed by atoms with Crippen LogP contribution in [0, 0.1) is 0 Å². The van der Waals surface area contributed by atoms with E-state index in [2.05, 4.69) is 71.1 Å². The van der Waals surface area contributed by atoms with Gasteiger partial charge in [0, 0.05) is 4.88 Å². The van der Waals surface area contributed by atoms with E-state index in [0.29, 0.717) is 11.8 Å². The molecule has 2 atom stereocenters. The van der Waals surface area contributed by atoms with E-state index in [-0.39, 0.29) is 12.1 Å². The number of hydrogen-bond acceptors (Lipinski definition) is 6. The fourth-order valence-corrected chi connectivity index (χ4v) is 4.43. The van der Waals surface area contributed by atoms with Gasteiger partial charge >= 0.3 is 0 Å². The van der Waals surface area contributed by atoms with Crippen LogP contribution in [0.2, 0.25) is 0 Å². The van der Waals surface area contributed by atoms with Crippen molar-refractivity contribution in [1.82, 2.24) is 15.5 Å². The Morgan fingerprint density at radius 2 is 1.78 bits per heavy atom. The van der Waals surface area contributed by atoms with Crippen LogP contribution < -0.4 is 5.32 Å². The van der Waals surface area contributed by atoms with E-state index < -0.39 is 0 Å². The SMILES string of the molecule is CCc1ccc([C@H](N[C@@H](C)c2nnc(-c3cccs3)o2)c2cccs2)cc1. The first-order valence-electron chi connectivity index (χ1n) is 9.00. The van der Waals surface area contributed by atoms with Crippen LogP contribution in [-0.2, 0) is 6.42 Å². The summed E-state index contributed by atoms with van der Waals surface area (Å²) in [5.74, 6) is 1.18. The number of rotatable bonds is 7. The van der Waals surface area contributed by atoms with E-state index in [0.717, 1.165) is 11.3 Å². The zero-order valence-corrected chi connectivity index (χ0v) is 16.9. The fourth-order valence-electron chi connectivity index (χ4n) is 2.97. The van der Waals surface area contributed by atoms with Crippen LogP contribution in [0.5, 0.6) is 0 Å². The Morgan fingerprint density at radius 1 is 1.00 bits per heavy atom. The van der Waals surface area contributed by atoms with Crippen molar-refractivity contribution >= 4 is 22.7 Å². The predicted octanol–water partition coefficient (Wildman–Crippen LogP) is 5.86. The Balaban J connectivity index is 1.57. The van der Waals surface area contributed by atoms with Crippen molar-refractivity contribution in [2.24, 2.45) is 0 Å². The molecule has 0 aliphatic heterocycles. The molecule has 6 heteroatoms. The summed E-state index contributed by atoms with van der Waals surface area (Å²) in [4.78, 5) is 2.26. The second-order valence-electron chi connectivity index (χ2n) is 6.35. The molecule has 0 unspecified atom stereocenters. The molecule has 0 bridgehead atoms. The number of nitrogens with zero attached hydrogens (tertiary/aromatic N) is 2. The minimum absolute atomic E-state index is 0.0656. The van der Waals surface area contributed by atoms with Gasteiger partial charge < -0.3 is 4.42 Å². The maximum absolute atomic E-state index is 5.91. The summed E-state index contributed by atoms with van der Waals surface area (Å²) in [6, 6.07) is 17.0. The lowest BCUT2D eigenvalue weighted by Crippen LogP contribution is -2.25. The number of hydrogen-bond donors (Lipinski definition) is 1. The van der Waals surface area contributed by atoms with Gasteiger partial charge in [-0.25, -0.2) is 0 Å². The summed E-state index contributed by atoms with van der Waals surface area (Å²) in [5, 5.41) is 16.2. The first-order chi connectivity index (χ1) is 13.2. The molecule has 4 rings (SSSR count). The van der Waals surface area contributed by atoms with Crippen molar-refractivity contribution in [3.8, 4) is 10.8 Å². The van der Waals surface area contributed by atoms with Crippen molar-refractivity contribution in [1.29, 1.82) is 0 Å². The molecule has 3 heterocycles. The third-order valence-corrected chi connectivity index (χ3v) is 6.30. The van der Waals surface area contributed by atoms with Gasteiger partial charge in [-0.15, -0.1) is 32.9 Å². The molecule has 1 N–H and O–H groups in total. The lowest BCUT2D eigenvalue weighted by atomic mass is 10.0. The summed E-state index contributed by atoms with van der Waals surface area (Å²) in [5.41, 5.74) is 2.58. The van der Waals surface area contributed by atoms with Crippen LogP contribution in [-0.4, -0.2) is 10.2 Å². The second-order valence-corrected chi connectivity index (χ2v) is 8.28. The van der Waals surface area contributed by atoms with E-state index in [4.69, 9.17) is 4.42 Å². The average Bonchev–Trinajstić information content (AvgIpc) is 3.47. The number of thiophene rings is 2. The topological polar surface area (TPSA) is 51.0 Å². The molecule has 0 radical (unpaired) electrons. The number of aryl methyl sites for hydroxylation is 1. The van der Waals surface area contributed by atoms with Crippen LogP contribution in [0.25, 0.3) is 10.8 Å². The molecule has 4 aromatic rings. The molecular weight excluding hydrogens is 374 g/mol. The van der Waals surface area contributed by atoms with Gasteiger partial charge in [-0.1, -0.05) is 43.3 Å². The summed E-state index contributed by atoms with van der Waals surface area (Å²) < 4.78 is 5.91. The van der Waals surface area contributed by atoms with Crippen molar-refractivity contribution in [2.75, 3.05) is 0 Å². The molecule has 0 amide bonds. The summed E-state index contributed by atoms with van der Waals surface area (Å²) in [6.07, 6.45) is 1.04. The summed E-state index contributed by atoms with van der Waals surface area (Å²) in [7, 11) is 0. The van der Waals surface area contributed by atoms with E-state index >= 15 is 0 Å². The van der Waals surface area contributed by atoms with Crippen LogP contribution in [0.15, 0.2) is 63.7 Å². The molecule has 138 valence electrons. The molecule has 3 aromatic heterocycles. The van der Waals surface area contributed by atoms with E-state index in [1.54, 1.807) is 22.7 Å². The number of nitrogens with one attached hydrogen (secondary N) is 1. The van der Waals surface area contributed by atoms with E-state index in [1.807, 2.05) is 17.5 Å². The van der Waals surface area contributed by atoms with Gasteiger partial charge in [-0.2, -0.15) is 0 Å². The Labute approximate surface area is 166 Å². The summed E-state index contributed by atoms with van der Waals surface area (Å²) >= 11 is 3.35. The lowest BCUT2D eigenvalue weighted by molar-refractivity contribution is 0.405. The summed E-state index contributed by atoms with van der Waals surface area (Å²) in [6.45, 7) is 4.24. The largest absolute Gasteiger partial charge is 0.418 e. The first kappa shape index (κ1) is 18.1. The average molecular weight is 396 g/mol. The normalized spacial score (nSPS) is 13.6. The van der Waals surface area contributed by atoms with E-state index in [9.17, 15) is 0 Å². The minimum Gasteiger partial charge on any atom is -0.418 e. The highest BCUT2D eigenvalue weighted by molar-refractivity contribution is 7.13. The second kappa shape index (κ2) is 8.17. The van der Waals surface area contributed by atoms with E-state index in [1.165, 1.54) is 16.0 Å². The molecule has 0 aliphatic rings. The Morgan fingerprint density at radius 3 is 2.44 bits per heavy atom.